The molecule has 1 aromatic heterocycles. The number of hydrogen-bond donors (Lipinski definition) is 1. The van der Waals surface area contributed by atoms with Crippen molar-refractivity contribution < 1.29 is 14.0 Å². The van der Waals surface area contributed by atoms with Gasteiger partial charge >= 0.3 is 0 Å². The molecule has 0 fully saturated rings. The lowest BCUT2D eigenvalue weighted by atomic mass is 10.1. The van der Waals surface area contributed by atoms with Crippen LogP contribution in [0.5, 0.6) is 0 Å². The second-order valence-electron chi connectivity index (χ2n) is 7.25. The summed E-state index contributed by atoms with van der Waals surface area (Å²) in [5, 5.41) is 3.25. The average Bonchev–Trinajstić information content (AvgIpc) is 3.41. The van der Waals surface area contributed by atoms with Crippen LogP contribution in [0.15, 0.2) is 48.5 Å². The zero-order valence-electron chi connectivity index (χ0n) is 15.5. The predicted molar refractivity (Wildman–Crippen MR) is 110 cm³/mol. The molecule has 7 heteroatoms. The Morgan fingerprint density at radius 1 is 1.10 bits per heavy atom. The Morgan fingerprint density at radius 3 is 2.72 bits per heavy atom. The number of rotatable bonds is 3. The molecule has 0 radical (unpaired) electrons. The molecule has 5 rings (SSSR count). The van der Waals surface area contributed by atoms with Crippen molar-refractivity contribution >= 4 is 34.0 Å². The van der Waals surface area contributed by atoms with Gasteiger partial charge in [-0.05, 0) is 55.2 Å². The number of nitrogens with zero attached hydrogens (tertiary/aromatic N) is 2. The minimum Gasteiger partial charge on any atom is -0.311 e. The molecule has 2 heterocycles. The van der Waals surface area contributed by atoms with Gasteiger partial charge in [0.1, 0.15) is 5.82 Å². The number of thiazole rings is 1. The lowest BCUT2D eigenvalue weighted by Crippen LogP contribution is -2.33. The van der Waals surface area contributed by atoms with Crippen LogP contribution in [0.3, 0.4) is 0 Å². The molecule has 2 aromatic carbocycles. The highest BCUT2D eigenvalue weighted by atomic mass is 32.1. The highest BCUT2D eigenvalue weighted by Gasteiger charge is 2.37. The number of anilines is 2. The van der Waals surface area contributed by atoms with E-state index in [0.29, 0.717) is 17.2 Å². The Bertz CT molecular complexity index is 1110. The molecule has 1 aliphatic heterocycles. The van der Waals surface area contributed by atoms with Crippen molar-refractivity contribution in [2.75, 3.05) is 16.8 Å². The van der Waals surface area contributed by atoms with E-state index < -0.39 is 0 Å². The summed E-state index contributed by atoms with van der Waals surface area (Å²) in [5.41, 5.74) is 3.33. The minimum absolute atomic E-state index is 0.0791. The van der Waals surface area contributed by atoms with Crippen molar-refractivity contribution in [3.63, 3.8) is 0 Å². The van der Waals surface area contributed by atoms with Gasteiger partial charge in [0.15, 0.2) is 5.13 Å². The number of halogens is 1. The maximum Gasteiger partial charge on any atom is 0.257 e. The first-order valence-electron chi connectivity index (χ1n) is 9.56. The summed E-state index contributed by atoms with van der Waals surface area (Å²) < 4.78 is 13.0. The Labute approximate surface area is 171 Å². The zero-order valence-corrected chi connectivity index (χ0v) is 16.3. The molecular weight excluding hydrogens is 389 g/mol. The van der Waals surface area contributed by atoms with Gasteiger partial charge in [0.05, 0.1) is 11.6 Å². The fourth-order valence-electron chi connectivity index (χ4n) is 4.05. The van der Waals surface area contributed by atoms with Crippen molar-refractivity contribution in [3.8, 4) is 0 Å². The van der Waals surface area contributed by atoms with E-state index in [1.807, 2.05) is 23.1 Å². The third-order valence-electron chi connectivity index (χ3n) is 5.50. The first-order valence-corrected chi connectivity index (χ1v) is 10.4. The number of fused-ring (bicyclic) bond motifs is 2. The van der Waals surface area contributed by atoms with Gasteiger partial charge in [-0.2, -0.15) is 0 Å². The smallest absolute Gasteiger partial charge is 0.257 e. The molecule has 0 saturated heterocycles. The minimum atomic E-state index is -0.389. The van der Waals surface area contributed by atoms with E-state index in [9.17, 15) is 14.0 Å². The molecule has 1 aliphatic carbocycles. The van der Waals surface area contributed by atoms with Gasteiger partial charge in [0.2, 0.25) is 5.91 Å². The van der Waals surface area contributed by atoms with Crippen LogP contribution in [0.2, 0.25) is 0 Å². The van der Waals surface area contributed by atoms with E-state index in [1.54, 1.807) is 0 Å². The molecule has 146 valence electrons. The maximum atomic E-state index is 13.2. The highest BCUT2D eigenvalue weighted by molar-refractivity contribution is 7.16. The second kappa shape index (κ2) is 7.08. The summed E-state index contributed by atoms with van der Waals surface area (Å²) in [7, 11) is 0. The monoisotopic (exact) mass is 407 g/mol. The number of para-hydroxylation sites is 1. The number of carbonyl (C=O) groups excluding carboxylic acids is 2. The predicted octanol–water partition coefficient (Wildman–Crippen LogP) is 4.15. The van der Waals surface area contributed by atoms with Crippen molar-refractivity contribution in [1.29, 1.82) is 0 Å². The maximum absolute atomic E-state index is 13.2. The molecule has 3 aromatic rings. The van der Waals surface area contributed by atoms with Crippen LogP contribution in [0, 0.1) is 5.82 Å². The van der Waals surface area contributed by atoms with Crippen LogP contribution in [-0.2, 0) is 17.6 Å². The summed E-state index contributed by atoms with van der Waals surface area (Å²) >= 11 is 1.41. The summed E-state index contributed by atoms with van der Waals surface area (Å²) in [4.78, 5) is 33.1. The van der Waals surface area contributed by atoms with Gasteiger partial charge in [-0.25, -0.2) is 9.37 Å². The third-order valence-corrected chi connectivity index (χ3v) is 6.54. The van der Waals surface area contributed by atoms with Crippen LogP contribution >= 0.6 is 11.3 Å². The number of amides is 2. The van der Waals surface area contributed by atoms with Crippen LogP contribution in [0.25, 0.3) is 0 Å². The van der Waals surface area contributed by atoms with Crippen molar-refractivity contribution in [3.05, 3.63) is 76.0 Å². The molecule has 2 aliphatic rings. The number of aryl methyl sites for hydroxylation is 1. The molecule has 2 amide bonds. The van der Waals surface area contributed by atoms with Crippen LogP contribution < -0.4 is 10.2 Å². The van der Waals surface area contributed by atoms with Gasteiger partial charge in [-0.1, -0.05) is 18.2 Å². The van der Waals surface area contributed by atoms with Gasteiger partial charge < -0.3 is 4.90 Å². The average molecular weight is 407 g/mol. The number of carbonyl (C=O) groups is 2. The molecule has 0 spiro atoms. The molecule has 0 unspecified atom stereocenters. The van der Waals surface area contributed by atoms with Crippen LogP contribution in [0.4, 0.5) is 15.2 Å². The second-order valence-corrected chi connectivity index (χ2v) is 8.33. The van der Waals surface area contributed by atoms with Gasteiger partial charge in [0.25, 0.3) is 5.91 Å². The van der Waals surface area contributed by atoms with Gasteiger partial charge in [-0.15, -0.1) is 11.3 Å². The van der Waals surface area contributed by atoms with Crippen molar-refractivity contribution in [1.82, 2.24) is 4.98 Å². The lowest BCUT2D eigenvalue weighted by molar-refractivity contribution is -0.120. The van der Waals surface area contributed by atoms with E-state index in [-0.39, 0.29) is 23.5 Å². The van der Waals surface area contributed by atoms with Gasteiger partial charge in [0, 0.05) is 22.7 Å². The Balaban J connectivity index is 1.34. The number of hydrogen-bond acceptors (Lipinski definition) is 4. The first kappa shape index (κ1) is 18.0. The molecule has 0 bridgehead atoms. The summed E-state index contributed by atoms with van der Waals surface area (Å²) in [6.07, 6.45) is 2.40. The Hall–Kier alpha value is -3.06. The number of nitrogens with one attached hydrogen (secondary N) is 1. The third kappa shape index (κ3) is 3.21. The van der Waals surface area contributed by atoms with E-state index in [1.165, 1.54) is 41.2 Å². The molecular formula is C22H18FN3O2S. The normalized spacial score (nSPS) is 17.1. The van der Waals surface area contributed by atoms with E-state index in [4.69, 9.17) is 0 Å². The summed E-state index contributed by atoms with van der Waals surface area (Å²) in [6.45, 7) is 0.697. The zero-order chi connectivity index (χ0) is 20.0. The topological polar surface area (TPSA) is 62.3 Å². The van der Waals surface area contributed by atoms with E-state index >= 15 is 0 Å². The quantitative estimate of drug-likeness (QED) is 0.709. The van der Waals surface area contributed by atoms with Crippen LogP contribution in [-0.4, -0.2) is 23.3 Å². The fourth-order valence-corrected chi connectivity index (χ4v) is 5.08. The van der Waals surface area contributed by atoms with E-state index in [2.05, 4.69) is 16.4 Å². The van der Waals surface area contributed by atoms with Crippen LogP contribution in [0.1, 0.15) is 38.8 Å². The number of aromatic nitrogens is 1. The standard InChI is InChI=1S/C22H18FN3O2S/c23-15-7-5-14(6-8-15)20(27)25-22-24-19-16(9-10-18(19)29-22)21(28)26-12-11-13-3-1-2-4-17(13)26/h1-8,16H,9-12H2,(H,24,25,27)/t16-/m0/s1. The highest BCUT2D eigenvalue weighted by Crippen LogP contribution is 2.41. The largest absolute Gasteiger partial charge is 0.311 e. The van der Waals surface area contributed by atoms with Gasteiger partial charge in [-0.3, -0.25) is 14.9 Å². The Morgan fingerprint density at radius 2 is 1.90 bits per heavy atom. The molecule has 5 nitrogen and oxygen atoms in total. The fraction of sp³-hybridized carbons (Fsp3) is 0.227. The Kier molecular flexibility index (Phi) is 4.39. The van der Waals surface area contributed by atoms with Crippen molar-refractivity contribution in [2.45, 2.75) is 25.2 Å². The van der Waals surface area contributed by atoms with E-state index in [0.717, 1.165) is 35.5 Å². The molecule has 1 atom stereocenters. The molecule has 29 heavy (non-hydrogen) atoms. The summed E-state index contributed by atoms with van der Waals surface area (Å²) in [5.74, 6) is -0.923. The van der Waals surface area contributed by atoms with Crippen molar-refractivity contribution in [2.24, 2.45) is 0 Å². The molecule has 1 N–H and O–H groups in total. The first-order chi connectivity index (χ1) is 14.1. The number of benzene rings is 2. The molecule has 0 saturated carbocycles. The summed E-state index contributed by atoms with van der Waals surface area (Å²) in [6, 6.07) is 13.4. The SMILES string of the molecule is O=C(Nc1nc2c(s1)CC[C@@H]2C(=O)N1CCc2ccccc21)c1ccc(F)cc1. The lowest BCUT2D eigenvalue weighted by Gasteiger charge is -2.21.